The summed E-state index contributed by atoms with van der Waals surface area (Å²) in [6.45, 7) is 0. The van der Waals surface area contributed by atoms with Gasteiger partial charge in [0.05, 0.1) is 0 Å². The minimum Gasteiger partial charge on any atom is -0.481 e. The Morgan fingerprint density at radius 2 is 2.19 bits per heavy atom. The van der Waals surface area contributed by atoms with Crippen molar-refractivity contribution in [2.24, 2.45) is 0 Å². The van der Waals surface area contributed by atoms with Crippen LogP contribution in [0.1, 0.15) is 18.4 Å². The third kappa shape index (κ3) is 1.53. The first-order valence-electron chi connectivity index (χ1n) is 4.52. The number of aromatic nitrogens is 1. The standard InChI is InChI=1S/C10H7BrFNO3/c11-5-1-7(8(12)13-4-5)10(9(15)16)2-6(14)3-10/h1,4H,2-3H2,(H,15,16). The average molecular weight is 288 g/mol. The molecule has 1 N–H and O–H groups in total. The number of aliphatic carboxylic acids is 1. The molecule has 0 aromatic carbocycles. The van der Waals surface area contributed by atoms with Crippen molar-refractivity contribution in [1.29, 1.82) is 0 Å². The smallest absolute Gasteiger partial charge is 0.315 e. The Hall–Kier alpha value is -1.30. The predicted octanol–water partition coefficient (Wildman–Crippen LogP) is 1.67. The highest BCUT2D eigenvalue weighted by molar-refractivity contribution is 9.10. The largest absolute Gasteiger partial charge is 0.481 e. The minimum atomic E-state index is -1.43. The number of carboxylic acids is 1. The van der Waals surface area contributed by atoms with E-state index in [1.54, 1.807) is 0 Å². The second-order valence-electron chi connectivity index (χ2n) is 3.77. The summed E-state index contributed by atoms with van der Waals surface area (Å²) in [5, 5.41) is 9.11. The van der Waals surface area contributed by atoms with E-state index in [1.165, 1.54) is 12.3 Å². The molecular formula is C10H7BrFNO3. The van der Waals surface area contributed by atoms with Gasteiger partial charge in [0.15, 0.2) is 0 Å². The van der Waals surface area contributed by atoms with Gasteiger partial charge in [-0.15, -0.1) is 0 Å². The lowest BCUT2D eigenvalue weighted by Crippen LogP contribution is -2.49. The van der Waals surface area contributed by atoms with Gasteiger partial charge < -0.3 is 5.11 Å². The molecule has 1 saturated carbocycles. The highest BCUT2D eigenvalue weighted by Crippen LogP contribution is 2.42. The Morgan fingerprint density at radius 1 is 1.56 bits per heavy atom. The van der Waals surface area contributed by atoms with Crippen LogP contribution in [0.25, 0.3) is 0 Å². The number of hydrogen-bond acceptors (Lipinski definition) is 3. The van der Waals surface area contributed by atoms with E-state index in [-0.39, 0.29) is 24.2 Å². The van der Waals surface area contributed by atoms with E-state index >= 15 is 0 Å². The summed E-state index contributed by atoms with van der Waals surface area (Å²) in [5.74, 6) is -2.20. The van der Waals surface area contributed by atoms with Crippen molar-refractivity contribution in [3.05, 3.63) is 28.2 Å². The van der Waals surface area contributed by atoms with E-state index < -0.39 is 17.3 Å². The van der Waals surface area contributed by atoms with Crippen molar-refractivity contribution < 1.29 is 19.1 Å². The number of Topliss-reactive ketones (excluding diaryl/α,β-unsaturated/α-hetero) is 1. The zero-order chi connectivity index (χ0) is 11.9. The summed E-state index contributed by atoms with van der Waals surface area (Å²) >= 11 is 3.10. The number of carboxylic acid groups (broad SMARTS) is 1. The topological polar surface area (TPSA) is 67.3 Å². The predicted molar refractivity (Wildman–Crippen MR) is 55.4 cm³/mol. The Morgan fingerprint density at radius 3 is 2.69 bits per heavy atom. The van der Waals surface area contributed by atoms with Gasteiger partial charge in [-0.2, -0.15) is 4.39 Å². The molecule has 1 fully saturated rings. The van der Waals surface area contributed by atoms with Gasteiger partial charge in [-0.1, -0.05) is 0 Å². The highest BCUT2D eigenvalue weighted by atomic mass is 79.9. The van der Waals surface area contributed by atoms with Crippen LogP contribution < -0.4 is 0 Å². The molecule has 0 atom stereocenters. The van der Waals surface area contributed by atoms with Gasteiger partial charge in [0.1, 0.15) is 11.2 Å². The van der Waals surface area contributed by atoms with E-state index in [9.17, 15) is 14.0 Å². The molecule has 1 aromatic rings. The molecule has 0 radical (unpaired) electrons. The van der Waals surface area contributed by atoms with E-state index in [4.69, 9.17) is 5.11 Å². The number of rotatable bonds is 2. The molecule has 1 heterocycles. The number of halogens is 2. The molecule has 0 aliphatic heterocycles. The Bertz CT molecular complexity index is 481. The number of nitrogens with zero attached hydrogens (tertiary/aromatic N) is 1. The summed E-state index contributed by atoms with van der Waals surface area (Å²) in [5.41, 5.74) is -1.47. The van der Waals surface area contributed by atoms with Crippen molar-refractivity contribution in [2.75, 3.05) is 0 Å². The monoisotopic (exact) mass is 287 g/mol. The summed E-state index contributed by atoms with van der Waals surface area (Å²) in [6.07, 6.45) is 0.906. The quantitative estimate of drug-likeness (QED) is 0.840. The fourth-order valence-electron chi connectivity index (χ4n) is 1.84. The third-order valence-electron chi connectivity index (χ3n) is 2.73. The molecule has 2 rings (SSSR count). The molecule has 4 nitrogen and oxygen atoms in total. The van der Waals surface area contributed by atoms with Crippen molar-refractivity contribution >= 4 is 27.7 Å². The van der Waals surface area contributed by atoms with E-state index in [1.807, 2.05) is 0 Å². The Labute approximate surface area is 98.6 Å². The van der Waals surface area contributed by atoms with Crippen molar-refractivity contribution in [2.45, 2.75) is 18.3 Å². The molecule has 1 aromatic heterocycles. The molecule has 84 valence electrons. The fraction of sp³-hybridized carbons (Fsp3) is 0.300. The molecule has 0 amide bonds. The lowest BCUT2D eigenvalue weighted by molar-refractivity contribution is -0.153. The van der Waals surface area contributed by atoms with Gasteiger partial charge in [-0.3, -0.25) is 9.59 Å². The zero-order valence-electron chi connectivity index (χ0n) is 8.04. The van der Waals surface area contributed by atoms with E-state index in [0.717, 1.165) is 0 Å². The molecule has 1 aliphatic rings. The number of carbonyl (C=O) groups excluding carboxylic acids is 1. The van der Waals surface area contributed by atoms with Crippen LogP contribution in [0.3, 0.4) is 0 Å². The lowest BCUT2D eigenvalue weighted by atomic mass is 9.64. The van der Waals surface area contributed by atoms with Crippen LogP contribution in [0.15, 0.2) is 16.7 Å². The Kier molecular flexibility index (Phi) is 2.53. The SMILES string of the molecule is O=C1CC(C(=O)O)(c2cc(Br)cnc2F)C1. The minimum absolute atomic E-state index is 0.0334. The fourth-order valence-corrected chi connectivity index (χ4v) is 2.17. The molecule has 0 bridgehead atoms. The summed E-state index contributed by atoms with van der Waals surface area (Å²) in [6, 6.07) is 1.36. The van der Waals surface area contributed by atoms with Gasteiger partial charge in [0.2, 0.25) is 5.95 Å². The maximum absolute atomic E-state index is 13.5. The van der Waals surface area contributed by atoms with Crippen molar-refractivity contribution in [3.63, 3.8) is 0 Å². The first kappa shape index (κ1) is 11.2. The second-order valence-corrected chi connectivity index (χ2v) is 4.69. The van der Waals surface area contributed by atoms with Crippen LogP contribution in [0.4, 0.5) is 4.39 Å². The first-order chi connectivity index (χ1) is 7.45. The number of carbonyl (C=O) groups is 2. The average Bonchev–Trinajstić information content (AvgIpc) is 2.16. The van der Waals surface area contributed by atoms with Gasteiger partial charge in [0.25, 0.3) is 0 Å². The van der Waals surface area contributed by atoms with Crippen LogP contribution in [-0.2, 0) is 15.0 Å². The van der Waals surface area contributed by atoms with E-state index in [0.29, 0.717) is 4.47 Å². The summed E-state index contributed by atoms with van der Waals surface area (Å²) < 4.78 is 14.0. The number of ketones is 1. The van der Waals surface area contributed by atoms with Crippen molar-refractivity contribution in [3.8, 4) is 0 Å². The summed E-state index contributed by atoms with van der Waals surface area (Å²) in [7, 11) is 0. The van der Waals surface area contributed by atoms with Crippen molar-refractivity contribution in [1.82, 2.24) is 4.98 Å². The lowest BCUT2D eigenvalue weighted by Gasteiger charge is -2.36. The van der Waals surface area contributed by atoms with Gasteiger partial charge in [-0.25, -0.2) is 4.98 Å². The van der Waals surface area contributed by atoms with Crippen LogP contribution in [0, 0.1) is 5.95 Å². The second kappa shape index (κ2) is 3.62. The molecule has 6 heteroatoms. The maximum atomic E-state index is 13.5. The first-order valence-corrected chi connectivity index (χ1v) is 5.31. The molecular weight excluding hydrogens is 281 g/mol. The van der Waals surface area contributed by atoms with Gasteiger partial charge >= 0.3 is 5.97 Å². The molecule has 16 heavy (non-hydrogen) atoms. The number of pyridine rings is 1. The molecule has 0 unspecified atom stereocenters. The molecule has 1 aliphatic carbocycles. The third-order valence-corrected chi connectivity index (χ3v) is 3.16. The van der Waals surface area contributed by atoms with Crippen LogP contribution >= 0.6 is 15.9 Å². The van der Waals surface area contributed by atoms with Gasteiger partial charge in [0, 0.05) is 29.1 Å². The maximum Gasteiger partial charge on any atom is 0.315 e. The zero-order valence-corrected chi connectivity index (χ0v) is 9.62. The van der Waals surface area contributed by atoms with Crippen LogP contribution in [0.5, 0.6) is 0 Å². The summed E-state index contributed by atoms with van der Waals surface area (Å²) in [4.78, 5) is 25.6. The van der Waals surface area contributed by atoms with Crippen LogP contribution in [0.2, 0.25) is 0 Å². The Balaban J connectivity index is 2.52. The molecule has 0 spiro atoms. The molecule has 0 saturated heterocycles. The highest BCUT2D eigenvalue weighted by Gasteiger charge is 2.53. The number of hydrogen-bond donors (Lipinski definition) is 1. The van der Waals surface area contributed by atoms with Gasteiger partial charge in [-0.05, 0) is 22.0 Å². The van der Waals surface area contributed by atoms with Crippen LogP contribution in [-0.4, -0.2) is 21.8 Å². The van der Waals surface area contributed by atoms with E-state index in [2.05, 4.69) is 20.9 Å². The normalized spacial score (nSPS) is 18.0.